The first-order chi connectivity index (χ1) is 14.8. The normalized spacial score (nSPS) is 24.9. The fourth-order valence-electron chi connectivity index (χ4n) is 5.01. The standard InChI is InChI=1S/C22H22ClF2N3O3/c1-2-18(27-22(29)11-3-5-12(23)6-4-11)20-15-9-14(10-16(15)20)26-19-8-13(24)7-17(25)21(19)28(30)31/h3-8,14-16,18,20,26H,2,9-10H2,1H3,(H,27,29)/t14-,15-,16+,18?,20+. The first-order valence-corrected chi connectivity index (χ1v) is 10.6. The summed E-state index contributed by atoms with van der Waals surface area (Å²) < 4.78 is 27.4. The van der Waals surface area contributed by atoms with E-state index in [9.17, 15) is 23.7 Å². The number of nitro benzene ring substituents is 1. The highest BCUT2D eigenvalue weighted by atomic mass is 35.5. The van der Waals surface area contributed by atoms with Crippen molar-refractivity contribution in [2.75, 3.05) is 5.32 Å². The van der Waals surface area contributed by atoms with E-state index in [1.54, 1.807) is 24.3 Å². The molecule has 0 saturated heterocycles. The van der Waals surface area contributed by atoms with E-state index in [1.165, 1.54) is 0 Å². The molecule has 0 aromatic heterocycles. The van der Waals surface area contributed by atoms with Crippen molar-refractivity contribution in [2.24, 2.45) is 17.8 Å². The van der Waals surface area contributed by atoms with Crippen molar-refractivity contribution in [3.8, 4) is 0 Å². The molecule has 31 heavy (non-hydrogen) atoms. The number of rotatable bonds is 7. The Morgan fingerprint density at radius 1 is 1.23 bits per heavy atom. The zero-order chi connectivity index (χ0) is 22.3. The van der Waals surface area contributed by atoms with Crippen LogP contribution in [0.2, 0.25) is 5.02 Å². The Labute approximate surface area is 183 Å². The second kappa shape index (κ2) is 8.42. The molecular formula is C22H22ClF2N3O3. The lowest BCUT2D eigenvalue weighted by Gasteiger charge is -2.22. The maximum atomic E-state index is 13.8. The van der Waals surface area contributed by atoms with Gasteiger partial charge in [0.15, 0.2) is 0 Å². The van der Waals surface area contributed by atoms with Gasteiger partial charge in [0, 0.05) is 34.8 Å². The summed E-state index contributed by atoms with van der Waals surface area (Å²) >= 11 is 5.87. The minimum Gasteiger partial charge on any atom is -0.377 e. The minimum absolute atomic E-state index is 0.0279. The van der Waals surface area contributed by atoms with Gasteiger partial charge in [-0.25, -0.2) is 4.39 Å². The average molecular weight is 450 g/mol. The van der Waals surface area contributed by atoms with Gasteiger partial charge in [-0.15, -0.1) is 0 Å². The zero-order valence-corrected chi connectivity index (χ0v) is 17.5. The highest BCUT2D eigenvalue weighted by Crippen LogP contribution is 2.60. The van der Waals surface area contributed by atoms with Crippen LogP contribution >= 0.6 is 11.6 Å². The Balaban J connectivity index is 1.37. The highest BCUT2D eigenvalue weighted by molar-refractivity contribution is 6.30. The summed E-state index contributed by atoms with van der Waals surface area (Å²) in [5.74, 6) is -1.13. The topological polar surface area (TPSA) is 84.3 Å². The highest BCUT2D eigenvalue weighted by Gasteiger charge is 2.58. The molecule has 0 bridgehead atoms. The van der Waals surface area contributed by atoms with Gasteiger partial charge in [0.25, 0.3) is 5.91 Å². The smallest absolute Gasteiger partial charge is 0.327 e. The Morgan fingerprint density at radius 3 is 2.45 bits per heavy atom. The molecule has 2 fully saturated rings. The number of hydrogen-bond acceptors (Lipinski definition) is 4. The van der Waals surface area contributed by atoms with Crippen LogP contribution in [0.5, 0.6) is 0 Å². The number of halogens is 3. The lowest BCUT2D eigenvalue weighted by molar-refractivity contribution is -0.386. The molecule has 5 atom stereocenters. The van der Waals surface area contributed by atoms with Crippen molar-refractivity contribution < 1.29 is 18.5 Å². The van der Waals surface area contributed by atoms with Crippen LogP contribution in [-0.4, -0.2) is 22.9 Å². The largest absolute Gasteiger partial charge is 0.377 e. The molecule has 4 rings (SSSR count). The predicted octanol–water partition coefficient (Wildman–Crippen LogP) is 5.17. The van der Waals surface area contributed by atoms with E-state index in [1.807, 2.05) is 6.92 Å². The van der Waals surface area contributed by atoms with E-state index in [4.69, 9.17) is 11.6 Å². The number of fused-ring (bicyclic) bond motifs is 1. The Bertz CT molecular complexity index is 1010. The number of nitrogens with one attached hydrogen (secondary N) is 2. The van der Waals surface area contributed by atoms with Crippen LogP contribution in [0, 0.1) is 39.5 Å². The fourth-order valence-corrected chi connectivity index (χ4v) is 5.14. The summed E-state index contributed by atoms with van der Waals surface area (Å²) in [7, 11) is 0. The molecule has 164 valence electrons. The second-order valence-corrected chi connectivity index (χ2v) is 8.69. The Kier molecular flexibility index (Phi) is 5.83. The van der Waals surface area contributed by atoms with E-state index in [0.29, 0.717) is 34.4 Å². The molecule has 2 aliphatic carbocycles. The SMILES string of the molecule is CCC(NC(=O)c1ccc(Cl)cc1)[C@H]1[C@@H]2C[C@@H](Nc3cc(F)cc(F)c3[N+](=O)[O-])C[C@@H]21. The zero-order valence-electron chi connectivity index (χ0n) is 16.8. The maximum Gasteiger partial charge on any atom is 0.327 e. The molecular weight excluding hydrogens is 428 g/mol. The van der Waals surface area contributed by atoms with Crippen molar-refractivity contribution in [1.82, 2.24) is 5.32 Å². The van der Waals surface area contributed by atoms with Crippen molar-refractivity contribution in [1.29, 1.82) is 0 Å². The third-order valence-electron chi connectivity index (χ3n) is 6.41. The summed E-state index contributed by atoms with van der Waals surface area (Å²) in [6.45, 7) is 2.02. The van der Waals surface area contributed by atoms with E-state index < -0.39 is 22.2 Å². The number of benzene rings is 2. The molecule has 0 spiro atoms. The lowest BCUT2D eigenvalue weighted by atomic mass is 9.98. The van der Waals surface area contributed by atoms with Gasteiger partial charge in [-0.05, 0) is 61.3 Å². The Morgan fingerprint density at radius 2 is 1.87 bits per heavy atom. The lowest BCUT2D eigenvalue weighted by Crippen LogP contribution is -2.38. The van der Waals surface area contributed by atoms with Crippen LogP contribution in [0.1, 0.15) is 36.5 Å². The van der Waals surface area contributed by atoms with Crippen LogP contribution in [-0.2, 0) is 0 Å². The quantitative estimate of drug-likeness (QED) is 0.451. The van der Waals surface area contributed by atoms with Crippen molar-refractivity contribution in [3.63, 3.8) is 0 Å². The summed E-state index contributed by atoms with van der Waals surface area (Å²) in [5.41, 5.74) is -0.317. The van der Waals surface area contributed by atoms with E-state index in [0.717, 1.165) is 25.3 Å². The van der Waals surface area contributed by atoms with Gasteiger partial charge < -0.3 is 10.6 Å². The van der Waals surface area contributed by atoms with Gasteiger partial charge in [0.05, 0.1) is 4.92 Å². The van der Waals surface area contributed by atoms with Crippen LogP contribution in [0.25, 0.3) is 0 Å². The fraction of sp³-hybridized carbons (Fsp3) is 0.409. The number of carbonyl (C=O) groups is 1. The second-order valence-electron chi connectivity index (χ2n) is 8.25. The average Bonchev–Trinajstić information content (AvgIpc) is 3.19. The molecule has 0 aliphatic heterocycles. The molecule has 9 heteroatoms. The summed E-state index contributed by atoms with van der Waals surface area (Å²) in [6.07, 6.45) is 2.26. The molecule has 0 radical (unpaired) electrons. The van der Waals surface area contributed by atoms with Crippen molar-refractivity contribution in [3.05, 3.63) is 68.7 Å². The predicted molar refractivity (Wildman–Crippen MR) is 113 cm³/mol. The first-order valence-electron chi connectivity index (χ1n) is 10.2. The molecule has 2 aliphatic rings. The molecule has 2 N–H and O–H groups in total. The van der Waals surface area contributed by atoms with Gasteiger partial charge >= 0.3 is 5.69 Å². The molecule has 1 amide bonds. The number of anilines is 1. The van der Waals surface area contributed by atoms with Gasteiger partial charge in [-0.3, -0.25) is 14.9 Å². The molecule has 0 heterocycles. The van der Waals surface area contributed by atoms with Crippen LogP contribution in [0.15, 0.2) is 36.4 Å². The summed E-state index contributed by atoms with van der Waals surface area (Å²) in [5, 5.41) is 17.8. The van der Waals surface area contributed by atoms with Crippen molar-refractivity contribution >= 4 is 28.9 Å². The van der Waals surface area contributed by atoms with E-state index in [2.05, 4.69) is 10.6 Å². The molecule has 2 saturated carbocycles. The van der Waals surface area contributed by atoms with Gasteiger partial charge in [-0.1, -0.05) is 18.5 Å². The van der Waals surface area contributed by atoms with Crippen LogP contribution in [0.3, 0.4) is 0 Å². The van der Waals surface area contributed by atoms with Crippen LogP contribution in [0.4, 0.5) is 20.2 Å². The van der Waals surface area contributed by atoms with Gasteiger partial charge in [-0.2, -0.15) is 4.39 Å². The number of nitrogens with zero attached hydrogens (tertiary/aromatic N) is 1. The monoisotopic (exact) mass is 449 g/mol. The molecule has 2 aromatic carbocycles. The third-order valence-corrected chi connectivity index (χ3v) is 6.66. The molecule has 2 aromatic rings. The minimum atomic E-state index is -1.19. The van der Waals surface area contributed by atoms with E-state index in [-0.39, 0.29) is 23.7 Å². The number of amides is 1. The number of carbonyl (C=O) groups excluding carboxylic acids is 1. The summed E-state index contributed by atoms with van der Waals surface area (Å²) in [4.78, 5) is 22.9. The molecule has 1 unspecified atom stereocenters. The molecule has 6 nitrogen and oxygen atoms in total. The van der Waals surface area contributed by atoms with E-state index >= 15 is 0 Å². The summed E-state index contributed by atoms with van der Waals surface area (Å²) in [6, 6.07) is 8.12. The Hall–Kier alpha value is -2.74. The van der Waals surface area contributed by atoms with Crippen molar-refractivity contribution in [2.45, 2.75) is 38.3 Å². The van der Waals surface area contributed by atoms with Gasteiger partial charge in [0.2, 0.25) is 5.82 Å². The maximum absolute atomic E-state index is 13.8. The first kappa shape index (κ1) is 21.5. The number of nitro groups is 1. The van der Waals surface area contributed by atoms with Gasteiger partial charge in [0.1, 0.15) is 11.5 Å². The third kappa shape index (κ3) is 4.35. The van der Waals surface area contributed by atoms with Crippen LogP contribution < -0.4 is 10.6 Å². The number of hydrogen-bond donors (Lipinski definition) is 2.